The molecule has 0 spiro atoms. The van der Waals surface area contributed by atoms with Crippen LogP contribution in [0.15, 0.2) is 36.5 Å². The van der Waals surface area contributed by atoms with Crippen molar-refractivity contribution in [3.63, 3.8) is 0 Å². The fourth-order valence-corrected chi connectivity index (χ4v) is 1.70. The SMILES string of the molecule is COC(=O)c1cnc([C@@H](N)Cc2ccccc2)[nH]1. The van der Waals surface area contributed by atoms with Crippen LogP contribution in [0.25, 0.3) is 0 Å². The van der Waals surface area contributed by atoms with Crippen LogP contribution in [0.5, 0.6) is 0 Å². The van der Waals surface area contributed by atoms with Gasteiger partial charge in [0.1, 0.15) is 11.5 Å². The van der Waals surface area contributed by atoms with Crippen LogP contribution in [0, 0.1) is 0 Å². The smallest absolute Gasteiger partial charge is 0.356 e. The summed E-state index contributed by atoms with van der Waals surface area (Å²) in [5, 5.41) is 0. The number of methoxy groups -OCH3 is 1. The summed E-state index contributed by atoms with van der Waals surface area (Å²) in [7, 11) is 1.33. The number of imidazole rings is 1. The minimum atomic E-state index is -0.444. The summed E-state index contributed by atoms with van der Waals surface area (Å²) >= 11 is 0. The Morgan fingerprint density at radius 2 is 2.17 bits per heavy atom. The molecule has 0 aliphatic carbocycles. The Labute approximate surface area is 105 Å². The molecule has 1 aromatic carbocycles. The Morgan fingerprint density at radius 3 is 2.83 bits per heavy atom. The number of aromatic amines is 1. The molecule has 1 atom stereocenters. The number of ether oxygens (including phenoxy) is 1. The highest BCUT2D eigenvalue weighted by molar-refractivity contribution is 5.86. The lowest BCUT2D eigenvalue weighted by Crippen LogP contribution is -2.15. The van der Waals surface area contributed by atoms with Gasteiger partial charge < -0.3 is 15.5 Å². The molecule has 0 bridgehead atoms. The predicted molar refractivity (Wildman–Crippen MR) is 67.0 cm³/mol. The summed E-state index contributed by atoms with van der Waals surface area (Å²) in [4.78, 5) is 18.2. The lowest BCUT2D eigenvalue weighted by atomic mass is 10.1. The molecule has 0 aliphatic rings. The lowest BCUT2D eigenvalue weighted by Gasteiger charge is -2.08. The van der Waals surface area contributed by atoms with Crippen LogP contribution in [-0.4, -0.2) is 23.0 Å². The molecule has 0 aliphatic heterocycles. The number of nitrogens with one attached hydrogen (secondary N) is 1. The van der Waals surface area contributed by atoms with Crippen LogP contribution >= 0.6 is 0 Å². The molecule has 0 amide bonds. The summed E-state index contributed by atoms with van der Waals surface area (Å²) in [6, 6.07) is 9.62. The number of carbonyl (C=O) groups excluding carboxylic acids is 1. The van der Waals surface area contributed by atoms with E-state index in [-0.39, 0.29) is 6.04 Å². The summed E-state index contributed by atoms with van der Waals surface area (Å²) in [5.41, 5.74) is 7.48. The number of rotatable bonds is 4. The minimum absolute atomic E-state index is 0.272. The second-order valence-electron chi connectivity index (χ2n) is 3.97. The van der Waals surface area contributed by atoms with E-state index in [4.69, 9.17) is 5.73 Å². The van der Waals surface area contributed by atoms with Gasteiger partial charge in [0.2, 0.25) is 0 Å². The zero-order chi connectivity index (χ0) is 13.0. The number of H-pyrrole nitrogens is 1. The topological polar surface area (TPSA) is 81.0 Å². The molecule has 3 N–H and O–H groups in total. The van der Waals surface area contributed by atoms with Crippen LogP contribution in [0.4, 0.5) is 0 Å². The maximum Gasteiger partial charge on any atom is 0.356 e. The molecular weight excluding hydrogens is 230 g/mol. The molecule has 5 heteroatoms. The highest BCUT2D eigenvalue weighted by Crippen LogP contribution is 2.13. The van der Waals surface area contributed by atoms with Crippen LogP contribution in [0.3, 0.4) is 0 Å². The fourth-order valence-electron chi connectivity index (χ4n) is 1.70. The van der Waals surface area contributed by atoms with Crippen LogP contribution in [-0.2, 0) is 11.2 Å². The van der Waals surface area contributed by atoms with Crippen molar-refractivity contribution in [1.82, 2.24) is 9.97 Å². The maximum atomic E-state index is 11.3. The third kappa shape index (κ3) is 2.75. The third-order valence-corrected chi connectivity index (χ3v) is 2.65. The number of hydrogen-bond acceptors (Lipinski definition) is 4. The van der Waals surface area contributed by atoms with Crippen molar-refractivity contribution in [3.05, 3.63) is 53.6 Å². The van der Waals surface area contributed by atoms with Gasteiger partial charge in [0.15, 0.2) is 0 Å². The van der Waals surface area contributed by atoms with E-state index in [9.17, 15) is 4.79 Å². The average Bonchev–Trinajstić information content (AvgIpc) is 2.88. The van der Waals surface area contributed by atoms with E-state index in [2.05, 4.69) is 14.7 Å². The van der Waals surface area contributed by atoms with Crippen molar-refractivity contribution in [2.45, 2.75) is 12.5 Å². The van der Waals surface area contributed by atoms with Crippen LogP contribution < -0.4 is 5.73 Å². The molecule has 2 rings (SSSR count). The molecule has 0 radical (unpaired) electrons. The molecule has 0 unspecified atom stereocenters. The Bertz CT molecular complexity index is 522. The van der Waals surface area contributed by atoms with Gasteiger partial charge in [0.05, 0.1) is 19.3 Å². The van der Waals surface area contributed by atoms with Crippen LogP contribution in [0.1, 0.15) is 27.9 Å². The van der Waals surface area contributed by atoms with E-state index in [1.807, 2.05) is 30.3 Å². The van der Waals surface area contributed by atoms with Crippen molar-refractivity contribution in [2.75, 3.05) is 7.11 Å². The molecular formula is C13H15N3O2. The van der Waals surface area contributed by atoms with Gasteiger partial charge in [-0.1, -0.05) is 30.3 Å². The van der Waals surface area contributed by atoms with Gasteiger partial charge in [-0.3, -0.25) is 0 Å². The summed E-state index contributed by atoms with van der Waals surface area (Å²) in [5.74, 6) is 0.139. The van der Waals surface area contributed by atoms with E-state index >= 15 is 0 Å². The van der Waals surface area contributed by atoms with Gasteiger partial charge in [-0.25, -0.2) is 9.78 Å². The highest BCUT2D eigenvalue weighted by Gasteiger charge is 2.14. The standard InChI is InChI=1S/C13H15N3O2/c1-18-13(17)11-8-15-12(16-11)10(14)7-9-5-3-2-4-6-9/h2-6,8,10H,7,14H2,1H3,(H,15,16)/t10-/m0/s1. The quantitative estimate of drug-likeness (QED) is 0.799. The zero-order valence-electron chi connectivity index (χ0n) is 10.1. The largest absolute Gasteiger partial charge is 0.464 e. The van der Waals surface area contributed by atoms with E-state index in [1.54, 1.807) is 0 Å². The summed E-state index contributed by atoms with van der Waals surface area (Å²) in [6.07, 6.45) is 2.10. The zero-order valence-corrected chi connectivity index (χ0v) is 10.1. The molecule has 1 heterocycles. The Balaban J connectivity index is 2.07. The number of aromatic nitrogens is 2. The highest BCUT2D eigenvalue weighted by atomic mass is 16.5. The molecule has 0 saturated heterocycles. The molecule has 18 heavy (non-hydrogen) atoms. The second kappa shape index (κ2) is 5.46. The number of carbonyl (C=O) groups is 1. The number of esters is 1. The van der Waals surface area contributed by atoms with Gasteiger partial charge in [-0.05, 0) is 12.0 Å². The van der Waals surface area contributed by atoms with Gasteiger partial charge in [0.25, 0.3) is 0 Å². The van der Waals surface area contributed by atoms with Crippen LogP contribution in [0.2, 0.25) is 0 Å². The Kier molecular flexibility index (Phi) is 3.74. The van der Waals surface area contributed by atoms with Crippen molar-refractivity contribution in [1.29, 1.82) is 0 Å². The predicted octanol–water partition coefficient (Wildman–Crippen LogP) is 1.44. The van der Waals surface area contributed by atoms with E-state index in [1.165, 1.54) is 13.3 Å². The van der Waals surface area contributed by atoms with E-state index in [0.29, 0.717) is 17.9 Å². The first kappa shape index (κ1) is 12.3. The Hall–Kier alpha value is -2.14. The Morgan fingerprint density at radius 1 is 1.44 bits per heavy atom. The number of hydrogen-bond donors (Lipinski definition) is 2. The van der Waals surface area contributed by atoms with Gasteiger partial charge in [-0.2, -0.15) is 0 Å². The first-order valence-electron chi connectivity index (χ1n) is 5.63. The first-order chi connectivity index (χ1) is 8.70. The van der Waals surface area contributed by atoms with Gasteiger partial charge in [-0.15, -0.1) is 0 Å². The molecule has 5 nitrogen and oxygen atoms in total. The minimum Gasteiger partial charge on any atom is -0.464 e. The molecule has 0 saturated carbocycles. The maximum absolute atomic E-state index is 11.3. The van der Waals surface area contributed by atoms with Gasteiger partial charge in [0, 0.05) is 0 Å². The molecule has 0 fully saturated rings. The fraction of sp³-hybridized carbons (Fsp3) is 0.231. The number of benzene rings is 1. The average molecular weight is 245 g/mol. The molecule has 1 aromatic heterocycles. The molecule has 94 valence electrons. The number of nitrogens with zero attached hydrogens (tertiary/aromatic N) is 1. The lowest BCUT2D eigenvalue weighted by molar-refractivity contribution is 0.0594. The summed E-state index contributed by atoms with van der Waals surface area (Å²) < 4.78 is 4.60. The normalized spacial score (nSPS) is 12.1. The molecule has 2 aromatic rings. The van der Waals surface area contributed by atoms with Crippen molar-refractivity contribution < 1.29 is 9.53 Å². The number of nitrogens with two attached hydrogens (primary N) is 1. The second-order valence-corrected chi connectivity index (χ2v) is 3.97. The third-order valence-electron chi connectivity index (χ3n) is 2.65. The van der Waals surface area contributed by atoms with Crippen molar-refractivity contribution in [3.8, 4) is 0 Å². The first-order valence-corrected chi connectivity index (χ1v) is 5.63. The van der Waals surface area contributed by atoms with Crippen molar-refractivity contribution in [2.24, 2.45) is 5.73 Å². The van der Waals surface area contributed by atoms with Crippen molar-refractivity contribution >= 4 is 5.97 Å². The van der Waals surface area contributed by atoms with E-state index in [0.717, 1.165) is 5.56 Å². The summed E-state index contributed by atoms with van der Waals surface area (Å²) in [6.45, 7) is 0. The monoisotopic (exact) mass is 245 g/mol. The van der Waals surface area contributed by atoms with Gasteiger partial charge >= 0.3 is 5.97 Å². The van der Waals surface area contributed by atoms with E-state index < -0.39 is 5.97 Å².